The van der Waals surface area contributed by atoms with Crippen LogP contribution < -0.4 is 5.32 Å². The molecule has 1 unspecified atom stereocenters. The number of cyclic esters (lactones) is 2. The normalized spacial score (nSPS) is 18.8. The van der Waals surface area contributed by atoms with Crippen LogP contribution in [-0.2, 0) is 19.0 Å². The zero-order valence-corrected chi connectivity index (χ0v) is 9.67. The van der Waals surface area contributed by atoms with E-state index in [-0.39, 0.29) is 25.1 Å². The molecule has 8 heteroatoms. The van der Waals surface area contributed by atoms with Crippen molar-refractivity contribution in [3.05, 3.63) is 11.6 Å². The summed E-state index contributed by atoms with van der Waals surface area (Å²) in [5, 5.41) is 11.3. The maximum absolute atomic E-state index is 10.9. The zero-order valence-electron chi connectivity index (χ0n) is 9.67. The molecule has 0 bridgehead atoms. The van der Waals surface area contributed by atoms with Crippen LogP contribution in [0.25, 0.3) is 0 Å². The van der Waals surface area contributed by atoms with Gasteiger partial charge in [-0.05, 0) is 12.5 Å². The standard InChI is InChI=1S/C10H13NO7/c1-16-9(14)11-3-2-6(8(12)13)4-7-5-17-10(15)18-7/h4,7H,2-3,5H2,1H3,(H,11,14)(H,12,13). The molecule has 0 aliphatic carbocycles. The Kier molecular flexibility index (Phi) is 4.97. The van der Waals surface area contributed by atoms with E-state index in [1.54, 1.807) is 0 Å². The fraction of sp³-hybridized carbons (Fsp3) is 0.500. The maximum Gasteiger partial charge on any atom is 0.509 e. The first-order valence-corrected chi connectivity index (χ1v) is 5.12. The van der Waals surface area contributed by atoms with Gasteiger partial charge in [-0.1, -0.05) is 0 Å². The lowest BCUT2D eigenvalue weighted by atomic mass is 10.1. The van der Waals surface area contributed by atoms with E-state index in [1.807, 2.05) is 0 Å². The Morgan fingerprint density at radius 2 is 2.33 bits per heavy atom. The smallest absolute Gasteiger partial charge is 0.478 e. The highest BCUT2D eigenvalue weighted by atomic mass is 16.8. The van der Waals surface area contributed by atoms with Gasteiger partial charge in [0, 0.05) is 12.1 Å². The van der Waals surface area contributed by atoms with Crippen molar-refractivity contribution in [2.45, 2.75) is 12.5 Å². The highest BCUT2D eigenvalue weighted by Crippen LogP contribution is 2.11. The molecule has 1 atom stereocenters. The fourth-order valence-corrected chi connectivity index (χ4v) is 1.28. The monoisotopic (exact) mass is 259 g/mol. The molecule has 100 valence electrons. The minimum absolute atomic E-state index is 0.0138. The van der Waals surface area contributed by atoms with Crippen LogP contribution in [0, 0.1) is 0 Å². The lowest BCUT2D eigenvalue weighted by Crippen LogP contribution is -2.25. The SMILES string of the molecule is COC(=O)NCCC(=CC1COC(=O)O1)C(=O)O. The second kappa shape index (κ2) is 6.48. The number of ether oxygens (including phenoxy) is 3. The summed E-state index contributed by atoms with van der Waals surface area (Å²) in [4.78, 5) is 32.3. The molecule has 2 N–H and O–H groups in total. The van der Waals surface area contributed by atoms with Crippen molar-refractivity contribution in [2.24, 2.45) is 0 Å². The molecule has 18 heavy (non-hydrogen) atoms. The van der Waals surface area contributed by atoms with Crippen LogP contribution in [0.2, 0.25) is 0 Å². The third kappa shape index (κ3) is 4.32. The van der Waals surface area contributed by atoms with Gasteiger partial charge in [0.25, 0.3) is 0 Å². The quantitative estimate of drug-likeness (QED) is 0.538. The molecule has 1 amide bonds. The topological polar surface area (TPSA) is 111 Å². The van der Waals surface area contributed by atoms with Gasteiger partial charge in [0.2, 0.25) is 0 Å². The zero-order chi connectivity index (χ0) is 13.5. The van der Waals surface area contributed by atoms with Gasteiger partial charge in [-0.25, -0.2) is 14.4 Å². The van der Waals surface area contributed by atoms with E-state index in [0.717, 1.165) is 0 Å². The second-order valence-electron chi connectivity index (χ2n) is 3.38. The van der Waals surface area contributed by atoms with Gasteiger partial charge in [0.15, 0.2) is 6.10 Å². The van der Waals surface area contributed by atoms with Gasteiger partial charge < -0.3 is 24.6 Å². The van der Waals surface area contributed by atoms with Crippen LogP contribution in [0.5, 0.6) is 0 Å². The molecule has 0 saturated carbocycles. The minimum Gasteiger partial charge on any atom is -0.478 e. The summed E-state index contributed by atoms with van der Waals surface area (Å²) < 4.78 is 13.5. The Balaban J connectivity index is 2.49. The molecule has 8 nitrogen and oxygen atoms in total. The van der Waals surface area contributed by atoms with E-state index in [2.05, 4.69) is 19.5 Å². The van der Waals surface area contributed by atoms with Crippen LogP contribution in [0.1, 0.15) is 6.42 Å². The number of carboxylic acid groups (broad SMARTS) is 1. The molecular formula is C10H13NO7. The Morgan fingerprint density at radius 3 is 2.83 bits per heavy atom. The van der Waals surface area contributed by atoms with E-state index in [4.69, 9.17) is 5.11 Å². The number of methoxy groups -OCH3 is 1. The summed E-state index contributed by atoms with van der Waals surface area (Å²) in [5.41, 5.74) is 0.0229. The number of aliphatic carboxylic acids is 1. The Bertz CT molecular complexity index is 376. The summed E-state index contributed by atoms with van der Waals surface area (Å²) in [6.07, 6.45) is -0.809. The van der Waals surface area contributed by atoms with Gasteiger partial charge in [-0.2, -0.15) is 0 Å². The van der Waals surface area contributed by atoms with Crippen molar-refractivity contribution in [1.82, 2.24) is 5.32 Å². The van der Waals surface area contributed by atoms with Crippen LogP contribution in [-0.4, -0.2) is 49.7 Å². The average molecular weight is 259 g/mol. The van der Waals surface area contributed by atoms with Gasteiger partial charge in [0.1, 0.15) is 6.61 Å². The minimum atomic E-state index is -1.15. The van der Waals surface area contributed by atoms with Gasteiger partial charge >= 0.3 is 18.2 Å². The number of amides is 1. The number of rotatable bonds is 5. The fourth-order valence-electron chi connectivity index (χ4n) is 1.28. The number of nitrogens with one attached hydrogen (secondary N) is 1. The second-order valence-corrected chi connectivity index (χ2v) is 3.38. The van der Waals surface area contributed by atoms with Crippen LogP contribution in [0.3, 0.4) is 0 Å². The molecule has 0 aromatic heterocycles. The summed E-state index contributed by atoms with van der Waals surface area (Å²) in [6.45, 7) is 0.0897. The maximum atomic E-state index is 10.9. The Morgan fingerprint density at radius 1 is 1.61 bits per heavy atom. The number of carboxylic acids is 1. The van der Waals surface area contributed by atoms with Gasteiger partial charge in [0.05, 0.1) is 7.11 Å². The average Bonchev–Trinajstić information content (AvgIpc) is 2.73. The first-order valence-electron chi connectivity index (χ1n) is 5.12. The predicted octanol–water partition coefficient (Wildman–Crippen LogP) is 0.279. The highest BCUT2D eigenvalue weighted by molar-refractivity contribution is 5.86. The van der Waals surface area contributed by atoms with Crippen molar-refractivity contribution >= 4 is 18.2 Å². The van der Waals surface area contributed by atoms with Crippen LogP contribution in [0.4, 0.5) is 9.59 Å². The molecule has 1 aliphatic heterocycles. The summed E-state index contributed by atoms with van der Waals surface area (Å²) in [7, 11) is 1.21. The largest absolute Gasteiger partial charge is 0.509 e. The van der Waals surface area contributed by atoms with E-state index >= 15 is 0 Å². The van der Waals surface area contributed by atoms with E-state index in [1.165, 1.54) is 13.2 Å². The third-order valence-electron chi connectivity index (χ3n) is 2.12. The van der Waals surface area contributed by atoms with Crippen molar-refractivity contribution < 1.29 is 33.7 Å². The third-order valence-corrected chi connectivity index (χ3v) is 2.12. The van der Waals surface area contributed by atoms with Crippen molar-refractivity contribution in [3.63, 3.8) is 0 Å². The molecule has 0 aromatic rings. The highest BCUT2D eigenvalue weighted by Gasteiger charge is 2.24. The predicted molar refractivity (Wildman–Crippen MR) is 57.0 cm³/mol. The van der Waals surface area contributed by atoms with Crippen molar-refractivity contribution in [1.29, 1.82) is 0 Å². The number of carbonyl (C=O) groups is 3. The molecular weight excluding hydrogens is 246 g/mol. The van der Waals surface area contributed by atoms with Gasteiger partial charge in [-0.3, -0.25) is 0 Å². The number of hydrogen-bond acceptors (Lipinski definition) is 6. The number of alkyl carbamates (subject to hydrolysis) is 1. The molecule has 0 spiro atoms. The molecule has 0 aromatic carbocycles. The van der Waals surface area contributed by atoms with Crippen LogP contribution in [0.15, 0.2) is 11.6 Å². The molecule has 1 saturated heterocycles. The van der Waals surface area contributed by atoms with Gasteiger partial charge in [-0.15, -0.1) is 0 Å². The summed E-state index contributed by atoms with van der Waals surface area (Å²) >= 11 is 0. The first-order chi connectivity index (χ1) is 8.52. The molecule has 1 rings (SSSR count). The molecule has 0 radical (unpaired) electrons. The van der Waals surface area contributed by atoms with E-state index < -0.39 is 24.3 Å². The van der Waals surface area contributed by atoms with E-state index in [9.17, 15) is 14.4 Å². The molecule has 1 aliphatic rings. The van der Waals surface area contributed by atoms with E-state index in [0.29, 0.717) is 0 Å². The lowest BCUT2D eigenvalue weighted by molar-refractivity contribution is -0.132. The summed E-state index contributed by atoms with van der Waals surface area (Å²) in [5.74, 6) is -1.15. The lowest BCUT2D eigenvalue weighted by Gasteiger charge is -2.06. The summed E-state index contributed by atoms with van der Waals surface area (Å²) in [6, 6.07) is 0. The number of hydrogen-bond donors (Lipinski definition) is 2. The number of carbonyl (C=O) groups excluding carboxylic acids is 2. The molecule has 1 fully saturated rings. The molecule has 1 heterocycles. The van der Waals surface area contributed by atoms with Crippen LogP contribution >= 0.6 is 0 Å². The Labute approximate surface area is 102 Å². The van der Waals surface area contributed by atoms with Crippen molar-refractivity contribution in [3.8, 4) is 0 Å². The Hall–Kier alpha value is -2.25. The first kappa shape index (κ1) is 13.8. The van der Waals surface area contributed by atoms with Crippen molar-refractivity contribution in [2.75, 3.05) is 20.3 Å².